The van der Waals surface area contributed by atoms with E-state index in [1.54, 1.807) is 12.3 Å². The third-order valence-electron chi connectivity index (χ3n) is 4.62. The minimum atomic E-state index is -2.88. The van der Waals surface area contributed by atoms with Crippen LogP contribution in [0.5, 0.6) is 5.75 Å². The molecule has 1 fully saturated rings. The van der Waals surface area contributed by atoms with E-state index in [9.17, 15) is 13.6 Å². The van der Waals surface area contributed by atoms with E-state index in [1.165, 1.54) is 24.3 Å². The molecule has 0 bridgehead atoms. The molecule has 140 valence electrons. The maximum absolute atomic E-state index is 13.1. The summed E-state index contributed by atoms with van der Waals surface area (Å²) < 4.78 is 34.3. The zero-order chi connectivity index (χ0) is 18.5. The first-order valence-electron chi connectivity index (χ1n) is 8.59. The fourth-order valence-electron chi connectivity index (χ4n) is 3.19. The molecule has 2 heterocycles. The lowest BCUT2D eigenvalue weighted by Gasteiger charge is -2.37. The van der Waals surface area contributed by atoms with Crippen LogP contribution < -0.4 is 4.74 Å². The second kappa shape index (κ2) is 8.31. The summed E-state index contributed by atoms with van der Waals surface area (Å²) in [6.45, 7) is -0.650. The van der Waals surface area contributed by atoms with E-state index in [0.29, 0.717) is 12.1 Å². The van der Waals surface area contributed by atoms with Crippen LogP contribution in [0.15, 0.2) is 47.1 Å². The third-order valence-corrected chi connectivity index (χ3v) is 4.62. The number of likely N-dealkylation sites (tertiary alicyclic amines) is 1. The van der Waals surface area contributed by atoms with Crippen LogP contribution in [0.2, 0.25) is 0 Å². The van der Waals surface area contributed by atoms with Gasteiger partial charge >= 0.3 is 6.61 Å². The quantitative estimate of drug-likeness (QED) is 0.785. The van der Waals surface area contributed by atoms with Crippen molar-refractivity contribution < 1.29 is 22.7 Å². The summed E-state index contributed by atoms with van der Waals surface area (Å²) in [6, 6.07) is 9.56. The summed E-state index contributed by atoms with van der Waals surface area (Å²) in [5.41, 5.74) is 0.442. The van der Waals surface area contributed by atoms with Crippen LogP contribution in [0.4, 0.5) is 8.78 Å². The number of rotatable bonds is 6. The molecule has 1 aliphatic rings. The lowest BCUT2D eigenvalue weighted by atomic mass is 10.0. The zero-order valence-corrected chi connectivity index (χ0v) is 14.6. The molecule has 0 unspecified atom stereocenters. The van der Waals surface area contributed by atoms with Gasteiger partial charge in [0.1, 0.15) is 11.5 Å². The summed E-state index contributed by atoms with van der Waals surface area (Å²) in [6.07, 6.45) is 3.36. The first-order chi connectivity index (χ1) is 12.5. The number of hydrogen-bond acceptors (Lipinski definition) is 4. The number of halogens is 2. The number of piperidine rings is 1. The highest BCUT2D eigenvalue weighted by molar-refractivity contribution is 5.94. The third kappa shape index (κ3) is 4.60. The number of amides is 1. The Morgan fingerprint density at radius 3 is 2.54 bits per heavy atom. The first-order valence-corrected chi connectivity index (χ1v) is 8.59. The lowest BCUT2D eigenvalue weighted by molar-refractivity contribution is -0.0498. The van der Waals surface area contributed by atoms with Gasteiger partial charge in [-0.05, 0) is 69.4 Å². The summed E-state index contributed by atoms with van der Waals surface area (Å²) in [7, 11) is 2.07. The molecule has 5 nitrogen and oxygen atoms in total. The van der Waals surface area contributed by atoms with E-state index in [2.05, 4.69) is 16.7 Å². The van der Waals surface area contributed by atoms with Gasteiger partial charge in [0, 0.05) is 11.6 Å². The molecule has 1 aliphatic heterocycles. The van der Waals surface area contributed by atoms with E-state index in [1.807, 2.05) is 11.0 Å². The van der Waals surface area contributed by atoms with Crippen LogP contribution in [0.1, 0.15) is 29.0 Å². The highest BCUT2D eigenvalue weighted by Crippen LogP contribution is 2.23. The smallest absolute Gasteiger partial charge is 0.387 e. The summed E-state index contributed by atoms with van der Waals surface area (Å²) in [5, 5.41) is 0. The van der Waals surface area contributed by atoms with Crippen LogP contribution in [0, 0.1) is 0 Å². The van der Waals surface area contributed by atoms with Gasteiger partial charge in [-0.2, -0.15) is 8.78 Å². The van der Waals surface area contributed by atoms with Crippen molar-refractivity contribution in [1.82, 2.24) is 9.80 Å². The molecule has 26 heavy (non-hydrogen) atoms. The van der Waals surface area contributed by atoms with Gasteiger partial charge in [-0.1, -0.05) is 0 Å². The van der Waals surface area contributed by atoms with E-state index in [-0.39, 0.29) is 17.7 Å². The van der Waals surface area contributed by atoms with E-state index < -0.39 is 6.61 Å². The maximum atomic E-state index is 13.1. The minimum absolute atomic E-state index is 0.0356. The average Bonchev–Trinajstić information content (AvgIpc) is 3.13. The standard InChI is InChI=1S/C19H22F2N2O3/c1-22-10-8-15(9-11-22)23(13-17-3-2-12-25-17)18(24)14-4-6-16(7-5-14)26-19(20)21/h2-7,12,15,19H,8-11,13H2,1H3. The van der Waals surface area contributed by atoms with Crippen LogP contribution in [-0.2, 0) is 6.54 Å². The lowest BCUT2D eigenvalue weighted by Crippen LogP contribution is -2.46. The molecular formula is C19H22F2N2O3. The molecule has 3 rings (SSSR count). The number of carbonyl (C=O) groups excluding carboxylic acids is 1. The molecule has 0 atom stereocenters. The molecule has 1 saturated heterocycles. The molecule has 1 aromatic carbocycles. The van der Waals surface area contributed by atoms with Gasteiger partial charge in [0.25, 0.3) is 5.91 Å². The van der Waals surface area contributed by atoms with Gasteiger partial charge in [0.15, 0.2) is 0 Å². The Bertz CT molecular complexity index is 696. The highest BCUT2D eigenvalue weighted by Gasteiger charge is 2.28. The normalized spacial score (nSPS) is 16.0. The van der Waals surface area contributed by atoms with E-state index in [4.69, 9.17) is 4.42 Å². The van der Waals surface area contributed by atoms with Gasteiger partial charge in [0.2, 0.25) is 0 Å². The number of ether oxygens (including phenoxy) is 1. The van der Waals surface area contributed by atoms with Gasteiger partial charge < -0.3 is 19.0 Å². The molecule has 0 aliphatic carbocycles. The van der Waals surface area contributed by atoms with Crippen molar-refractivity contribution in [2.45, 2.75) is 32.0 Å². The predicted molar refractivity (Wildman–Crippen MR) is 92.2 cm³/mol. The monoisotopic (exact) mass is 364 g/mol. The summed E-state index contributed by atoms with van der Waals surface area (Å²) >= 11 is 0. The summed E-state index contributed by atoms with van der Waals surface area (Å²) in [5.74, 6) is 0.614. The fraction of sp³-hybridized carbons (Fsp3) is 0.421. The van der Waals surface area contributed by atoms with Crippen molar-refractivity contribution in [2.24, 2.45) is 0 Å². The van der Waals surface area contributed by atoms with E-state index in [0.717, 1.165) is 31.7 Å². The molecule has 1 amide bonds. The maximum Gasteiger partial charge on any atom is 0.387 e. The van der Waals surface area contributed by atoms with Crippen molar-refractivity contribution in [1.29, 1.82) is 0 Å². The molecular weight excluding hydrogens is 342 g/mol. The Hall–Kier alpha value is -2.41. The minimum Gasteiger partial charge on any atom is -0.467 e. The van der Waals surface area contributed by atoms with Crippen LogP contribution >= 0.6 is 0 Å². The Morgan fingerprint density at radius 2 is 1.96 bits per heavy atom. The molecule has 0 saturated carbocycles. The zero-order valence-electron chi connectivity index (χ0n) is 14.6. The number of furan rings is 1. The molecule has 7 heteroatoms. The van der Waals surface area contributed by atoms with Crippen LogP contribution in [0.3, 0.4) is 0 Å². The molecule has 0 radical (unpaired) electrons. The van der Waals surface area contributed by atoms with Crippen LogP contribution in [0.25, 0.3) is 0 Å². The molecule has 0 spiro atoms. The Labute approximate surface area is 151 Å². The van der Waals surface area contributed by atoms with Gasteiger partial charge in [-0.15, -0.1) is 0 Å². The van der Waals surface area contributed by atoms with Crippen LogP contribution in [-0.4, -0.2) is 48.5 Å². The number of carbonyl (C=O) groups is 1. The molecule has 2 aromatic rings. The topological polar surface area (TPSA) is 45.9 Å². The van der Waals surface area contributed by atoms with Gasteiger partial charge in [-0.3, -0.25) is 4.79 Å². The highest BCUT2D eigenvalue weighted by atomic mass is 19.3. The van der Waals surface area contributed by atoms with Crippen molar-refractivity contribution >= 4 is 5.91 Å². The largest absolute Gasteiger partial charge is 0.467 e. The Balaban J connectivity index is 1.77. The molecule has 1 aromatic heterocycles. The van der Waals surface area contributed by atoms with Crippen molar-refractivity contribution in [3.05, 3.63) is 54.0 Å². The van der Waals surface area contributed by atoms with Gasteiger partial charge in [-0.25, -0.2) is 0 Å². The van der Waals surface area contributed by atoms with Crippen molar-refractivity contribution in [3.63, 3.8) is 0 Å². The predicted octanol–water partition coefficient (Wildman–Crippen LogP) is 3.62. The number of alkyl halides is 2. The molecule has 0 N–H and O–H groups in total. The number of nitrogens with zero attached hydrogens (tertiary/aromatic N) is 2. The summed E-state index contributed by atoms with van der Waals surface area (Å²) in [4.78, 5) is 17.1. The number of hydrogen-bond donors (Lipinski definition) is 0. The van der Waals surface area contributed by atoms with Gasteiger partial charge in [0.05, 0.1) is 12.8 Å². The second-order valence-corrected chi connectivity index (χ2v) is 6.45. The Kier molecular flexibility index (Phi) is 5.88. The SMILES string of the molecule is CN1CCC(N(Cc2ccco2)C(=O)c2ccc(OC(F)F)cc2)CC1. The average molecular weight is 364 g/mol. The second-order valence-electron chi connectivity index (χ2n) is 6.45. The number of benzene rings is 1. The van der Waals surface area contributed by atoms with E-state index >= 15 is 0 Å². The fourth-order valence-corrected chi connectivity index (χ4v) is 3.19. The van der Waals surface area contributed by atoms with Crippen molar-refractivity contribution in [3.8, 4) is 5.75 Å². The van der Waals surface area contributed by atoms with Crippen molar-refractivity contribution in [2.75, 3.05) is 20.1 Å². The Morgan fingerprint density at radius 1 is 1.27 bits per heavy atom. The first kappa shape index (κ1) is 18.4.